The van der Waals surface area contributed by atoms with E-state index >= 15 is 0 Å². The van der Waals surface area contributed by atoms with E-state index < -0.39 is 0 Å². The predicted molar refractivity (Wildman–Crippen MR) is 73.7 cm³/mol. The topological polar surface area (TPSA) is 29.5 Å². The highest BCUT2D eigenvalue weighted by atomic mass is 16.5. The Kier molecular flexibility index (Phi) is 4.79. The van der Waals surface area contributed by atoms with Gasteiger partial charge in [-0.1, -0.05) is 32.0 Å². The standard InChI is InChI=1S/C16H24O2/c1-3-12-7-8-14(10-13(12)4-2)16(17)15-6-5-9-18-11-15/h7-8,10,15-17H,3-6,9,11H2,1-2H3. The molecule has 0 spiro atoms. The van der Waals surface area contributed by atoms with Crippen LogP contribution in [0.25, 0.3) is 0 Å². The van der Waals surface area contributed by atoms with Gasteiger partial charge in [0.1, 0.15) is 0 Å². The van der Waals surface area contributed by atoms with E-state index in [0.717, 1.165) is 37.9 Å². The van der Waals surface area contributed by atoms with Gasteiger partial charge in [-0.25, -0.2) is 0 Å². The molecule has 2 unspecified atom stereocenters. The molecule has 2 nitrogen and oxygen atoms in total. The summed E-state index contributed by atoms with van der Waals surface area (Å²) >= 11 is 0. The van der Waals surface area contributed by atoms with Gasteiger partial charge in [0.05, 0.1) is 12.7 Å². The number of benzene rings is 1. The van der Waals surface area contributed by atoms with Crippen molar-refractivity contribution in [1.82, 2.24) is 0 Å². The molecule has 2 atom stereocenters. The zero-order valence-corrected chi connectivity index (χ0v) is 11.5. The van der Waals surface area contributed by atoms with E-state index in [-0.39, 0.29) is 12.0 Å². The maximum atomic E-state index is 10.4. The van der Waals surface area contributed by atoms with Gasteiger partial charge in [0.25, 0.3) is 0 Å². The maximum Gasteiger partial charge on any atom is 0.0840 e. The lowest BCUT2D eigenvalue weighted by Gasteiger charge is -2.27. The van der Waals surface area contributed by atoms with Crippen LogP contribution in [0.15, 0.2) is 18.2 Å². The summed E-state index contributed by atoms with van der Waals surface area (Å²) in [5, 5.41) is 10.4. The Hall–Kier alpha value is -0.860. The molecule has 0 aliphatic carbocycles. The summed E-state index contributed by atoms with van der Waals surface area (Å²) in [6.45, 7) is 5.89. The minimum absolute atomic E-state index is 0.260. The van der Waals surface area contributed by atoms with Gasteiger partial charge >= 0.3 is 0 Å². The fourth-order valence-corrected chi connectivity index (χ4v) is 2.79. The normalized spacial score (nSPS) is 21.8. The van der Waals surface area contributed by atoms with Gasteiger partial charge in [0.2, 0.25) is 0 Å². The number of hydrogen-bond acceptors (Lipinski definition) is 2. The van der Waals surface area contributed by atoms with Crippen LogP contribution in [0.1, 0.15) is 49.5 Å². The van der Waals surface area contributed by atoms with E-state index in [0.29, 0.717) is 6.61 Å². The summed E-state index contributed by atoms with van der Waals surface area (Å²) < 4.78 is 5.47. The molecule has 1 saturated heterocycles. The number of aliphatic hydroxyl groups excluding tert-OH is 1. The molecular formula is C16H24O2. The van der Waals surface area contributed by atoms with Gasteiger partial charge in [-0.2, -0.15) is 0 Å². The molecule has 18 heavy (non-hydrogen) atoms. The van der Waals surface area contributed by atoms with Crippen molar-refractivity contribution >= 4 is 0 Å². The summed E-state index contributed by atoms with van der Waals surface area (Å²) in [5.74, 6) is 0.260. The summed E-state index contributed by atoms with van der Waals surface area (Å²) in [6, 6.07) is 6.43. The van der Waals surface area contributed by atoms with Crippen LogP contribution in [0.5, 0.6) is 0 Å². The van der Waals surface area contributed by atoms with Gasteiger partial charge in [0, 0.05) is 12.5 Å². The Bertz CT molecular complexity index is 381. The Morgan fingerprint density at radius 1 is 1.28 bits per heavy atom. The third-order valence-electron chi connectivity index (χ3n) is 3.98. The molecule has 1 aliphatic heterocycles. The lowest BCUT2D eigenvalue weighted by atomic mass is 9.89. The second kappa shape index (κ2) is 6.35. The first-order valence-electron chi connectivity index (χ1n) is 7.13. The molecule has 1 aliphatic rings. The molecule has 1 aromatic carbocycles. The van der Waals surface area contributed by atoms with Crippen LogP contribution in [-0.2, 0) is 17.6 Å². The molecular weight excluding hydrogens is 224 g/mol. The number of aryl methyl sites for hydroxylation is 2. The van der Waals surface area contributed by atoms with Crippen molar-refractivity contribution in [2.75, 3.05) is 13.2 Å². The Morgan fingerprint density at radius 2 is 2.06 bits per heavy atom. The molecule has 2 heteroatoms. The molecule has 1 N–H and O–H groups in total. The molecule has 0 aromatic heterocycles. The van der Waals surface area contributed by atoms with Crippen LogP contribution in [0.4, 0.5) is 0 Å². The van der Waals surface area contributed by atoms with Crippen molar-refractivity contribution in [3.63, 3.8) is 0 Å². The first-order valence-corrected chi connectivity index (χ1v) is 7.13. The predicted octanol–water partition coefficient (Wildman–Crippen LogP) is 3.27. The smallest absolute Gasteiger partial charge is 0.0840 e. The van der Waals surface area contributed by atoms with Gasteiger partial charge in [-0.3, -0.25) is 0 Å². The SMILES string of the molecule is CCc1ccc(C(O)C2CCCOC2)cc1CC. The molecule has 100 valence electrons. The summed E-state index contributed by atoms with van der Waals surface area (Å²) in [4.78, 5) is 0. The highest BCUT2D eigenvalue weighted by molar-refractivity contribution is 5.33. The minimum atomic E-state index is -0.374. The van der Waals surface area contributed by atoms with Crippen molar-refractivity contribution < 1.29 is 9.84 Å². The van der Waals surface area contributed by atoms with Gasteiger partial charge in [0.15, 0.2) is 0 Å². The molecule has 1 aromatic rings. The Balaban J connectivity index is 2.16. The van der Waals surface area contributed by atoms with Gasteiger partial charge < -0.3 is 9.84 Å². The minimum Gasteiger partial charge on any atom is -0.388 e. The summed E-state index contributed by atoms with van der Waals surface area (Å²) in [5.41, 5.74) is 3.82. The van der Waals surface area contributed by atoms with Gasteiger partial charge in [-0.05, 0) is 42.4 Å². The number of rotatable bonds is 4. The molecule has 0 amide bonds. The first-order chi connectivity index (χ1) is 8.76. The van der Waals surface area contributed by atoms with Crippen molar-refractivity contribution in [2.24, 2.45) is 5.92 Å². The zero-order chi connectivity index (χ0) is 13.0. The molecule has 2 rings (SSSR count). The fraction of sp³-hybridized carbons (Fsp3) is 0.625. The fourth-order valence-electron chi connectivity index (χ4n) is 2.79. The van der Waals surface area contributed by atoms with Crippen LogP contribution in [0.3, 0.4) is 0 Å². The van der Waals surface area contributed by atoms with Crippen LogP contribution in [0, 0.1) is 5.92 Å². The first kappa shape index (κ1) is 13.6. The molecule has 0 radical (unpaired) electrons. The highest BCUT2D eigenvalue weighted by Crippen LogP contribution is 2.30. The van der Waals surface area contributed by atoms with Crippen LogP contribution in [-0.4, -0.2) is 18.3 Å². The molecule has 0 saturated carbocycles. The van der Waals surface area contributed by atoms with E-state index in [2.05, 4.69) is 32.0 Å². The lowest BCUT2D eigenvalue weighted by Crippen LogP contribution is -2.23. The zero-order valence-electron chi connectivity index (χ0n) is 11.5. The third kappa shape index (κ3) is 2.93. The van der Waals surface area contributed by atoms with Crippen molar-refractivity contribution in [1.29, 1.82) is 0 Å². The number of hydrogen-bond donors (Lipinski definition) is 1. The van der Waals surface area contributed by atoms with E-state index in [1.807, 2.05) is 0 Å². The Labute approximate surface area is 110 Å². The summed E-state index contributed by atoms with van der Waals surface area (Å²) in [6.07, 6.45) is 3.85. The maximum absolute atomic E-state index is 10.4. The van der Waals surface area contributed by atoms with Crippen LogP contribution < -0.4 is 0 Å². The van der Waals surface area contributed by atoms with Crippen LogP contribution in [0.2, 0.25) is 0 Å². The molecule has 1 heterocycles. The number of ether oxygens (including phenoxy) is 1. The van der Waals surface area contributed by atoms with Crippen molar-refractivity contribution in [2.45, 2.75) is 45.6 Å². The van der Waals surface area contributed by atoms with Crippen LogP contribution >= 0.6 is 0 Å². The van der Waals surface area contributed by atoms with E-state index in [4.69, 9.17) is 4.74 Å². The molecule has 1 fully saturated rings. The second-order valence-electron chi connectivity index (χ2n) is 5.16. The third-order valence-corrected chi connectivity index (χ3v) is 3.98. The number of aliphatic hydroxyl groups is 1. The second-order valence-corrected chi connectivity index (χ2v) is 5.16. The molecule has 0 bridgehead atoms. The average Bonchev–Trinajstić information content (AvgIpc) is 2.46. The Morgan fingerprint density at radius 3 is 2.67 bits per heavy atom. The van der Waals surface area contributed by atoms with E-state index in [1.165, 1.54) is 11.1 Å². The van der Waals surface area contributed by atoms with Crippen molar-refractivity contribution in [3.05, 3.63) is 34.9 Å². The van der Waals surface area contributed by atoms with E-state index in [1.54, 1.807) is 0 Å². The average molecular weight is 248 g/mol. The lowest BCUT2D eigenvalue weighted by molar-refractivity contribution is -0.00999. The highest BCUT2D eigenvalue weighted by Gasteiger charge is 2.23. The summed E-state index contributed by atoms with van der Waals surface area (Å²) in [7, 11) is 0. The van der Waals surface area contributed by atoms with E-state index in [9.17, 15) is 5.11 Å². The monoisotopic (exact) mass is 248 g/mol. The van der Waals surface area contributed by atoms with Gasteiger partial charge in [-0.15, -0.1) is 0 Å². The quantitative estimate of drug-likeness (QED) is 0.886. The largest absolute Gasteiger partial charge is 0.388 e. The van der Waals surface area contributed by atoms with Crippen molar-refractivity contribution in [3.8, 4) is 0 Å².